The molecule has 0 spiro atoms. The number of carbonyl (C=O) groups excluding carboxylic acids is 2. The number of carbonyl (C=O) groups is 2. The van der Waals surface area contributed by atoms with Crippen LogP contribution in [-0.4, -0.2) is 49.9 Å². The predicted molar refractivity (Wildman–Crippen MR) is 90.4 cm³/mol. The second-order valence-corrected chi connectivity index (χ2v) is 8.10. The van der Waals surface area contributed by atoms with E-state index in [2.05, 4.69) is 5.32 Å². The van der Waals surface area contributed by atoms with E-state index in [4.69, 9.17) is 5.73 Å². The third-order valence-electron chi connectivity index (χ3n) is 4.17. The van der Waals surface area contributed by atoms with E-state index < -0.39 is 27.9 Å². The van der Waals surface area contributed by atoms with Gasteiger partial charge in [-0.2, -0.15) is 0 Å². The summed E-state index contributed by atoms with van der Waals surface area (Å²) in [4.78, 5) is 24.1. The van der Waals surface area contributed by atoms with Crippen LogP contribution in [0.3, 0.4) is 0 Å². The molecule has 1 heterocycles. The number of piperidine rings is 1. The fourth-order valence-electron chi connectivity index (χ4n) is 2.82. The fourth-order valence-corrected chi connectivity index (χ4v) is 3.73. The first kappa shape index (κ1) is 18.4. The van der Waals surface area contributed by atoms with Gasteiger partial charge in [-0.1, -0.05) is 30.3 Å². The normalized spacial score (nSPS) is 20.3. The summed E-state index contributed by atoms with van der Waals surface area (Å²) in [6.45, 7) is 0.563. The lowest BCUT2D eigenvalue weighted by atomic mass is 9.97. The van der Waals surface area contributed by atoms with E-state index in [0.29, 0.717) is 25.8 Å². The number of primary amides is 1. The molecule has 8 heteroatoms. The molecule has 0 radical (unpaired) electrons. The van der Waals surface area contributed by atoms with E-state index >= 15 is 0 Å². The molecule has 0 unspecified atom stereocenters. The van der Waals surface area contributed by atoms with Crippen LogP contribution >= 0.6 is 0 Å². The molecule has 0 aliphatic carbocycles. The Morgan fingerprint density at radius 1 is 1.33 bits per heavy atom. The second kappa shape index (κ2) is 7.76. The number of hydrogen-bond donors (Lipinski definition) is 2. The Kier molecular flexibility index (Phi) is 5.95. The highest BCUT2D eigenvalue weighted by Gasteiger charge is 2.31. The number of nitrogens with one attached hydrogen (secondary N) is 1. The molecule has 1 aromatic carbocycles. The van der Waals surface area contributed by atoms with Crippen LogP contribution in [0.1, 0.15) is 18.4 Å². The number of benzene rings is 1. The second-order valence-electron chi connectivity index (χ2n) is 6.11. The molecule has 2 atom stereocenters. The predicted octanol–water partition coefficient (Wildman–Crippen LogP) is -0.129. The molecule has 0 aromatic heterocycles. The third-order valence-corrected chi connectivity index (χ3v) is 5.44. The molecule has 0 bridgehead atoms. The highest BCUT2D eigenvalue weighted by atomic mass is 32.2. The van der Waals surface area contributed by atoms with Crippen molar-refractivity contribution >= 4 is 21.8 Å². The summed E-state index contributed by atoms with van der Waals surface area (Å²) in [5.41, 5.74) is 6.29. The van der Waals surface area contributed by atoms with Crippen molar-refractivity contribution < 1.29 is 18.0 Å². The highest BCUT2D eigenvalue weighted by molar-refractivity contribution is 7.88. The number of hydrogen-bond acceptors (Lipinski definition) is 4. The van der Waals surface area contributed by atoms with Crippen LogP contribution in [0, 0.1) is 5.92 Å². The Bertz CT molecular complexity index is 691. The van der Waals surface area contributed by atoms with Crippen molar-refractivity contribution in [2.75, 3.05) is 19.3 Å². The van der Waals surface area contributed by atoms with Crippen molar-refractivity contribution in [1.82, 2.24) is 9.62 Å². The maximum Gasteiger partial charge on any atom is 0.240 e. The minimum Gasteiger partial charge on any atom is -0.368 e. The van der Waals surface area contributed by atoms with Crippen LogP contribution in [0.15, 0.2) is 30.3 Å². The van der Waals surface area contributed by atoms with Gasteiger partial charge in [-0.3, -0.25) is 9.59 Å². The van der Waals surface area contributed by atoms with Gasteiger partial charge in [-0.05, 0) is 18.4 Å². The molecule has 1 aliphatic heterocycles. The summed E-state index contributed by atoms with van der Waals surface area (Å²) >= 11 is 0. The van der Waals surface area contributed by atoms with Crippen molar-refractivity contribution in [1.29, 1.82) is 0 Å². The van der Waals surface area contributed by atoms with Gasteiger partial charge in [0, 0.05) is 19.5 Å². The summed E-state index contributed by atoms with van der Waals surface area (Å²) in [7, 11) is -3.32. The maximum absolute atomic E-state index is 12.4. The quantitative estimate of drug-likeness (QED) is 0.742. The molecular formula is C16H23N3O4S. The first-order valence-electron chi connectivity index (χ1n) is 7.86. The average Bonchev–Trinajstić information content (AvgIpc) is 2.54. The molecule has 2 amide bonds. The zero-order valence-electron chi connectivity index (χ0n) is 13.6. The first-order valence-corrected chi connectivity index (χ1v) is 9.71. The highest BCUT2D eigenvalue weighted by Crippen LogP contribution is 2.19. The van der Waals surface area contributed by atoms with Gasteiger partial charge in [-0.15, -0.1) is 0 Å². The van der Waals surface area contributed by atoms with Crippen LogP contribution in [0.2, 0.25) is 0 Å². The van der Waals surface area contributed by atoms with Gasteiger partial charge >= 0.3 is 0 Å². The van der Waals surface area contributed by atoms with Gasteiger partial charge in [0.1, 0.15) is 6.04 Å². The van der Waals surface area contributed by atoms with Crippen LogP contribution < -0.4 is 11.1 Å². The van der Waals surface area contributed by atoms with Gasteiger partial charge in [0.2, 0.25) is 21.8 Å². The summed E-state index contributed by atoms with van der Waals surface area (Å²) in [5, 5.41) is 2.67. The van der Waals surface area contributed by atoms with E-state index in [0.717, 1.165) is 11.8 Å². The Labute approximate surface area is 142 Å². The molecule has 2 rings (SSSR count). The van der Waals surface area contributed by atoms with Crippen LogP contribution in [0.25, 0.3) is 0 Å². The van der Waals surface area contributed by atoms with Crippen molar-refractivity contribution in [3.63, 3.8) is 0 Å². The van der Waals surface area contributed by atoms with Crippen molar-refractivity contribution in [3.05, 3.63) is 35.9 Å². The van der Waals surface area contributed by atoms with E-state index in [9.17, 15) is 18.0 Å². The molecule has 1 aliphatic rings. The van der Waals surface area contributed by atoms with Gasteiger partial charge in [0.15, 0.2) is 0 Å². The molecule has 24 heavy (non-hydrogen) atoms. The molecule has 132 valence electrons. The summed E-state index contributed by atoms with van der Waals surface area (Å²) < 4.78 is 24.6. The molecule has 1 saturated heterocycles. The van der Waals surface area contributed by atoms with Crippen molar-refractivity contribution in [2.45, 2.75) is 25.3 Å². The monoisotopic (exact) mass is 353 g/mol. The Hall–Kier alpha value is -1.93. The van der Waals surface area contributed by atoms with E-state index in [1.807, 2.05) is 30.3 Å². The third kappa shape index (κ3) is 5.04. The zero-order valence-corrected chi connectivity index (χ0v) is 14.5. The first-order chi connectivity index (χ1) is 11.3. The van der Waals surface area contributed by atoms with Crippen molar-refractivity contribution in [3.8, 4) is 0 Å². The Balaban J connectivity index is 2.01. The smallest absolute Gasteiger partial charge is 0.240 e. The number of nitrogens with two attached hydrogens (primary N) is 1. The van der Waals surface area contributed by atoms with E-state index in [1.165, 1.54) is 4.31 Å². The summed E-state index contributed by atoms with van der Waals surface area (Å²) in [6, 6.07) is 8.46. The van der Waals surface area contributed by atoms with E-state index in [-0.39, 0.29) is 12.5 Å². The lowest BCUT2D eigenvalue weighted by Crippen LogP contribution is -2.51. The van der Waals surface area contributed by atoms with E-state index in [1.54, 1.807) is 0 Å². The standard InChI is InChI=1S/C16H23N3O4S/c1-24(22,23)19-9-5-8-13(11-19)16(21)18-14(15(17)20)10-12-6-3-2-4-7-12/h2-4,6-7,13-14H,5,8-11H2,1H3,(H2,17,20)(H,18,21)/t13-,14-/m1/s1. The topological polar surface area (TPSA) is 110 Å². The van der Waals surface area contributed by atoms with Crippen LogP contribution in [0.5, 0.6) is 0 Å². The van der Waals surface area contributed by atoms with Crippen LogP contribution in [-0.2, 0) is 26.0 Å². The number of sulfonamides is 1. The molecule has 1 fully saturated rings. The number of rotatable bonds is 6. The largest absolute Gasteiger partial charge is 0.368 e. The molecule has 3 N–H and O–H groups in total. The van der Waals surface area contributed by atoms with Gasteiger partial charge in [0.25, 0.3) is 0 Å². The van der Waals surface area contributed by atoms with Gasteiger partial charge in [-0.25, -0.2) is 12.7 Å². The lowest BCUT2D eigenvalue weighted by Gasteiger charge is -2.31. The zero-order chi connectivity index (χ0) is 17.7. The average molecular weight is 353 g/mol. The Morgan fingerprint density at radius 2 is 2.00 bits per heavy atom. The molecular weight excluding hydrogens is 330 g/mol. The number of nitrogens with zero attached hydrogens (tertiary/aromatic N) is 1. The minimum absolute atomic E-state index is 0.140. The Morgan fingerprint density at radius 3 is 2.58 bits per heavy atom. The van der Waals surface area contributed by atoms with Gasteiger partial charge < -0.3 is 11.1 Å². The number of amides is 2. The fraction of sp³-hybridized carbons (Fsp3) is 0.500. The SMILES string of the molecule is CS(=O)(=O)N1CCC[C@@H](C(=O)N[C@H](Cc2ccccc2)C(N)=O)C1. The molecule has 7 nitrogen and oxygen atoms in total. The van der Waals surface area contributed by atoms with Gasteiger partial charge in [0.05, 0.1) is 12.2 Å². The molecule has 0 saturated carbocycles. The summed E-state index contributed by atoms with van der Waals surface area (Å²) in [5.74, 6) is -1.41. The van der Waals surface area contributed by atoms with Crippen LogP contribution in [0.4, 0.5) is 0 Å². The lowest BCUT2D eigenvalue weighted by molar-refractivity contribution is -0.130. The van der Waals surface area contributed by atoms with Crippen molar-refractivity contribution in [2.24, 2.45) is 11.7 Å². The molecule has 1 aromatic rings. The maximum atomic E-state index is 12.4. The minimum atomic E-state index is -3.32. The summed E-state index contributed by atoms with van der Waals surface area (Å²) in [6.07, 6.45) is 2.65.